The van der Waals surface area contributed by atoms with Gasteiger partial charge in [-0.3, -0.25) is 4.79 Å². The Labute approximate surface area is 161 Å². The van der Waals surface area contributed by atoms with Crippen molar-refractivity contribution in [3.8, 4) is 0 Å². The van der Waals surface area contributed by atoms with Gasteiger partial charge in [-0.05, 0) is 28.5 Å². The fourth-order valence-corrected chi connectivity index (χ4v) is 4.26. The number of amides is 1. The molecule has 3 aromatic carbocycles. The summed E-state index contributed by atoms with van der Waals surface area (Å²) in [6.07, 6.45) is 2.60. The smallest absolute Gasteiger partial charge is 0.289 e. The highest BCUT2D eigenvalue weighted by Gasteiger charge is 2.24. The molecule has 0 aliphatic heterocycles. The van der Waals surface area contributed by atoms with Gasteiger partial charge in [0.05, 0.1) is 6.21 Å². The fraction of sp³-hybridized carbons (Fsp3) is 0.0476. The van der Waals surface area contributed by atoms with E-state index < -0.39 is 15.7 Å². The summed E-state index contributed by atoms with van der Waals surface area (Å²) >= 11 is 0. The second kappa shape index (κ2) is 6.94. The molecular formula is C21H17N3O3S. The average Bonchev–Trinajstić information content (AvgIpc) is 3.08. The fourth-order valence-electron chi connectivity index (χ4n) is 3.17. The summed E-state index contributed by atoms with van der Waals surface area (Å²) < 4.78 is 24.4. The number of nitrogens with one attached hydrogen (secondary N) is 2. The van der Waals surface area contributed by atoms with E-state index in [0.717, 1.165) is 22.6 Å². The minimum atomic E-state index is -3.61. The van der Waals surface area contributed by atoms with Crippen LogP contribution in [0.4, 0.5) is 0 Å². The minimum absolute atomic E-state index is 0.0264. The average molecular weight is 391 g/mol. The number of para-hydroxylation sites is 1. The van der Waals surface area contributed by atoms with Crippen LogP contribution in [0.1, 0.15) is 16.1 Å². The number of aromatic nitrogens is 1. The number of benzene rings is 3. The Kier molecular flexibility index (Phi) is 4.44. The van der Waals surface area contributed by atoms with Gasteiger partial charge in [0.15, 0.2) is 9.84 Å². The summed E-state index contributed by atoms with van der Waals surface area (Å²) in [4.78, 5) is 15.4. The molecule has 140 valence electrons. The number of sulfone groups is 1. The number of hydrogen-bond donors (Lipinski definition) is 2. The number of nitrogens with zero attached hydrogens (tertiary/aromatic N) is 1. The van der Waals surface area contributed by atoms with Crippen LogP contribution in [0.25, 0.3) is 21.7 Å². The molecule has 0 unspecified atom stereocenters. The first kappa shape index (κ1) is 17.9. The zero-order valence-corrected chi connectivity index (χ0v) is 15.8. The molecule has 4 aromatic rings. The van der Waals surface area contributed by atoms with Crippen molar-refractivity contribution in [2.45, 2.75) is 4.90 Å². The number of carbonyl (C=O) groups excluding carboxylic acids is 1. The van der Waals surface area contributed by atoms with Crippen molar-refractivity contribution < 1.29 is 13.2 Å². The Hall–Kier alpha value is -3.45. The van der Waals surface area contributed by atoms with E-state index in [0.29, 0.717) is 10.9 Å². The normalized spacial score (nSPS) is 12.0. The number of hydrogen-bond acceptors (Lipinski definition) is 4. The first-order valence-electron chi connectivity index (χ1n) is 8.56. The molecule has 28 heavy (non-hydrogen) atoms. The predicted octanol–water partition coefficient (Wildman–Crippen LogP) is 3.49. The van der Waals surface area contributed by atoms with Gasteiger partial charge >= 0.3 is 0 Å². The highest BCUT2D eigenvalue weighted by Crippen LogP contribution is 2.26. The molecule has 1 aromatic heterocycles. The van der Waals surface area contributed by atoms with Gasteiger partial charge in [-0.1, -0.05) is 54.6 Å². The molecule has 0 radical (unpaired) electrons. The van der Waals surface area contributed by atoms with E-state index in [2.05, 4.69) is 15.5 Å². The Morgan fingerprint density at radius 2 is 1.71 bits per heavy atom. The molecular weight excluding hydrogens is 374 g/mol. The van der Waals surface area contributed by atoms with Crippen LogP contribution in [0.2, 0.25) is 0 Å². The number of hydrazone groups is 1. The van der Waals surface area contributed by atoms with E-state index in [9.17, 15) is 13.2 Å². The summed E-state index contributed by atoms with van der Waals surface area (Å²) in [5.74, 6) is -0.617. The SMILES string of the molecule is CS(=O)(=O)c1c(C(=O)N/N=C/c2ccc3ccccc3c2)[nH]c2ccccc12. The van der Waals surface area contributed by atoms with E-state index in [-0.39, 0.29) is 10.6 Å². The first-order chi connectivity index (χ1) is 13.4. The van der Waals surface area contributed by atoms with Crippen molar-refractivity contribution in [1.29, 1.82) is 0 Å². The number of H-pyrrole nitrogens is 1. The molecule has 2 N–H and O–H groups in total. The largest absolute Gasteiger partial charge is 0.349 e. The lowest BCUT2D eigenvalue weighted by atomic mass is 10.1. The first-order valence-corrected chi connectivity index (χ1v) is 10.5. The zero-order valence-electron chi connectivity index (χ0n) is 15.0. The van der Waals surface area contributed by atoms with Crippen molar-refractivity contribution >= 4 is 43.6 Å². The van der Waals surface area contributed by atoms with Crippen molar-refractivity contribution in [2.24, 2.45) is 5.10 Å². The van der Waals surface area contributed by atoms with E-state index in [1.807, 2.05) is 42.5 Å². The van der Waals surface area contributed by atoms with Crippen LogP contribution in [0.15, 0.2) is 76.7 Å². The van der Waals surface area contributed by atoms with Crippen molar-refractivity contribution in [2.75, 3.05) is 6.26 Å². The van der Waals surface area contributed by atoms with Gasteiger partial charge in [0.1, 0.15) is 10.6 Å². The van der Waals surface area contributed by atoms with Crippen LogP contribution < -0.4 is 5.43 Å². The Morgan fingerprint density at radius 3 is 2.50 bits per heavy atom. The summed E-state index contributed by atoms with van der Waals surface area (Å²) in [6.45, 7) is 0. The highest BCUT2D eigenvalue weighted by atomic mass is 32.2. The highest BCUT2D eigenvalue weighted by molar-refractivity contribution is 7.91. The molecule has 0 atom stereocenters. The van der Waals surface area contributed by atoms with Gasteiger partial charge in [-0.25, -0.2) is 13.8 Å². The standard InChI is InChI=1S/C21H17N3O3S/c1-28(26,27)20-17-8-4-5-9-18(17)23-19(20)21(25)24-22-13-14-10-11-15-6-2-3-7-16(15)12-14/h2-13,23H,1H3,(H,24,25)/b22-13+. The number of carbonyl (C=O) groups is 1. The zero-order chi connectivity index (χ0) is 19.7. The molecule has 0 spiro atoms. The molecule has 1 amide bonds. The Morgan fingerprint density at radius 1 is 1.00 bits per heavy atom. The van der Waals surface area contributed by atoms with Crippen molar-refractivity contribution in [1.82, 2.24) is 10.4 Å². The minimum Gasteiger partial charge on any atom is -0.349 e. The summed E-state index contributed by atoms with van der Waals surface area (Å²) in [5, 5.41) is 6.63. The van der Waals surface area contributed by atoms with Crippen molar-refractivity contribution in [3.05, 3.63) is 78.0 Å². The third-order valence-electron chi connectivity index (χ3n) is 4.41. The lowest BCUT2D eigenvalue weighted by Crippen LogP contribution is -2.20. The Balaban J connectivity index is 1.62. The molecule has 0 fully saturated rings. The summed E-state index contributed by atoms with van der Waals surface area (Å²) in [6, 6.07) is 20.6. The van der Waals surface area contributed by atoms with E-state index in [1.165, 1.54) is 6.21 Å². The quantitative estimate of drug-likeness (QED) is 0.412. The van der Waals surface area contributed by atoms with Crippen LogP contribution in [-0.4, -0.2) is 31.8 Å². The molecule has 0 saturated heterocycles. The molecule has 6 nitrogen and oxygen atoms in total. The topological polar surface area (TPSA) is 91.4 Å². The maximum Gasteiger partial charge on any atom is 0.289 e. The van der Waals surface area contributed by atoms with E-state index in [4.69, 9.17) is 0 Å². The molecule has 7 heteroatoms. The van der Waals surface area contributed by atoms with Crippen molar-refractivity contribution in [3.63, 3.8) is 0 Å². The van der Waals surface area contributed by atoms with Crippen LogP contribution >= 0.6 is 0 Å². The molecule has 4 rings (SSSR count). The van der Waals surface area contributed by atoms with Crippen LogP contribution in [0, 0.1) is 0 Å². The number of aromatic amines is 1. The maximum atomic E-state index is 12.6. The van der Waals surface area contributed by atoms with Crippen LogP contribution in [0.5, 0.6) is 0 Å². The lowest BCUT2D eigenvalue weighted by Gasteiger charge is -2.02. The molecule has 0 saturated carbocycles. The van der Waals surface area contributed by atoms with E-state index >= 15 is 0 Å². The van der Waals surface area contributed by atoms with Gasteiger partial charge in [0.2, 0.25) is 0 Å². The van der Waals surface area contributed by atoms with Gasteiger partial charge in [0, 0.05) is 17.2 Å². The van der Waals surface area contributed by atoms with Gasteiger partial charge in [0.25, 0.3) is 5.91 Å². The van der Waals surface area contributed by atoms with Crippen LogP contribution in [0.3, 0.4) is 0 Å². The number of fused-ring (bicyclic) bond motifs is 2. The molecule has 0 aliphatic rings. The maximum absolute atomic E-state index is 12.6. The second-order valence-electron chi connectivity index (χ2n) is 6.45. The van der Waals surface area contributed by atoms with Gasteiger partial charge < -0.3 is 4.98 Å². The monoisotopic (exact) mass is 391 g/mol. The second-order valence-corrected chi connectivity index (χ2v) is 8.41. The third kappa shape index (κ3) is 3.39. The van der Waals surface area contributed by atoms with Crippen LogP contribution in [-0.2, 0) is 9.84 Å². The summed E-state index contributed by atoms with van der Waals surface area (Å²) in [7, 11) is -3.61. The van der Waals surface area contributed by atoms with E-state index in [1.54, 1.807) is 24.3 Å². The third-order valence-corrected chi connectivity index (χ3v) is 5.58. The molecule has 0 aliphatic carbocycles. The molecule has 1 heterocycles. The van der Waals surface area contributed by atoms with Gasteiger partial charge in [-0.2, -0.15) is 5.10 Å². The lowest BCUT2D eigenvalue weighted by molar-refractivity contribution is 0.0947. The molecule has 0 bridgehead atoms. The predicted molar refractivity (Wildman–Crippen MR) is 110 cm³/mol. The van der Waals surface area contributed by atoms with Gasteiger partial charge in [-0.15, -0.1) is 0 Å². The Bertz CT molecular complexity index is 1340. The number of rotatable bonds is 4. The summed E-state index contributed by atoms with van der Waals surface area (Å²) in [5.41, 5.74) is 3.77.